The largest absolute Gasteiger partial charge is 0.444 e. The number of hydrogen-bond donors (Lipinski definition) is 0. The van der Waals surface area contributed by atoms with Gasteiger partial charge in [0.2, 0.25) is 0 Å². The molecular formula is C18H25F2NO3S. The zero-order valence-electron chi connectivity index (χ0n) is 15.2. The molecule has 0 saturated carbocycles. The van der Waals surface area contributed by atoms with Crippen LogP contribution in [0.25, 0.3) is 0 Å². The number of thioether (sulfide) groups is 1. The summed E-state index contributed by atoms with van der Waals surface area (Å²) >= 11 is 1.08. The number of ether oxygens (including phenoxy) is 2. The number of halogens is 2. The van der Waals surface area contributed by atoms with Crippen molar-refractivity contribution in [1.29, 1.82) is 0 Å². The van der Waals surface area contributed by atoms with E-state index >= 15 is 0 Å². The molecule has 0 bridgehead atoms. The van der Waals surface area contributed by atoms with Gasteiger partial charge in [-0.05, 0) is 52.3 Å². The number of hydrogen-bond acceptors (Lipinski definition) is 4. The highest BCUT2D eigenvalue weighted by Gasteiger charge is 2.51. The Hall–Kier alpha value is -1.34. The maximum atomic E-state index is 13.8. The van der Waals surface area contributed by atoms with Gasteiger partial charge in [0.25, 0.3) is 0 Å². The Morgan fingerprint density at radius 3 is 2.36 bits per heavy atom. The molecule has 2 atom stereocenters. The van der Waals surface area contributed by atoms with Gasteiger partial charge in [0.05, 0.1) is 6.04 Å². The summed E-state index contributed by atoms with van der Waals surface area (Å²) in [4.78, 5) is 14.7. The quantitative estimate of drug-likeness (QED) is 0.689. The number of carbonyl (C=O) groups excluding carboxylic acids is 1. The second-order valence-electron chi connectivity index (χ2n) is 7.38. The molecule has 0 spiro atoms. The SMILES string of the molecule is CC(C)(C)OC(=O)N1[C@H](CF)[C@@H](c2ccc(SCF)cc2)OC1(C)C. The highest BCUT2D eigenvalue weighted by atomic mass is 32.2. The summed E-state index contributed by atoms with van der Waals surface area (Å²) in [5.74, 6) is 0. The van der Waals surface area contributed by atoms with E-state index in [0.29, 0.717) is 0 Å². The van der Waals surface area contributed by atoms with Gasteiger partial charge >= 0.3 is 6.09 Å². The fraction of sp³-hybridized carbons (Fsp3) is 0.611. The van der Waals surface area contributed by atoms with Gasteiger partial charge < -0.3 is 9.47 Å². The van der Waals surface area contributed by atoms with Gasteiger partial charge in [-0.2, -0.15) is 0 Å². The van der Waals surface area contributed by atoms with Gasteiger partial charge in [-0.3, -0.25) is 4.90 Å². The number of rotatable bonds is 4. The predicted molar refractivity (Wildman–Crippen MR) is 94.0 cm³/mol. The molecule has 1 aromatic carbocycles. The molecule has 1 heterocycles. The van der Waals surface area contributed by atoms with Crippen molar-refractivity contribution in [3.05, 3.63) is 29.8 Å². The summed E-state index contributed by atoms with van der Waals surface area (Å²) < 4.78 is 37.7. The lowest BCUT2D eigenvalue weighted by Crippen LogP contribution is -2.50. The molecule has 140 valence electrons. The maximum absolute atomic E-state index is 13.8. The minimum Gasteiger partial charge on any atom is -0.444 e. The molecule has 7 heteroatoms. The Labute approximate surface area is 151 Å². The van der Waals surface area contributed by atoms with Gasteiger partial charge in [-0.25, -0.2) is 13.6 Å². The van der Waals surface area contributed by atoms with Gasteiger partial charge in [0, 0.05) is 4.90 Å². The van der Waals surface area contributed by atoms with Crippen molar-refractivity contribution in [3.63, 3.8) is 0 Å². The molecule has 1 aromatic rings. The average Bonchev–Trinajstić information content (AvgIpc) is 2.77. The van der Waals surface area contributed by atoms with E-state index in [4.69, 9.17) is 9.47 Å². The van der Waals surface area contributed by atoms with Crippen molar-refractivity contribution in [2.24, 2.45) is 0 Å². The van der Waals surface area contributed by atoms with E-state index < -0.39 is 42.2 Å². The van der Waals surface area contributed by atoms with Crippen molar-refractivity contribution in [2.45, 2.75) is 63.0 Å². The topological polar surface area (TPSA) is 38.8 Å². The van der Waals surface area contributed by atoms with Crippen molar-refractivity contribution in [1.82, 2.24) is 4.90 Å². The maximum Gasteiger partial charge on any atom is 0.413 e. The van der Waals surface area contributed by atoms with Crippen LogP contribution in [-0.4, -0.2) is 41.0 Å². The third-order valence-electron chi connectivity index (χ3n) is 3.85. The Balaban J connectivity index is 2.27. The number of amides is 1. The lowest BCUT2D eigenvalue weighted by atomic mass is 10.0. The Kier molecular flexibility index (Phi) is 5.99. The van der Waals surface area contributed by atoms with Gasteiger partial charge in [0.1, 0.15) is 30.1 Å². The molecule has 0 radical (unpaired) electrons. The summed E-state index contributed by atoms with van der Waals surface area (Å²) in [6.07, 6.45) is -1.22. The number of nitrogens with zero attached hydrogens (tertiary/aromatic N) is 1. The van der Waals surface area contributed by atoms with E-state index in [9.17, 15) is 13.6 Å². The number of benzene rings is 1. The number of alkyl halides is 2. The fourth-order valence-corrected chi connectivity index (χ4v) is 3.36. The highest BCUT2D eigenvalue weighted by molar-refractivity contribution is 7.99. The summed E-state index contributed by atoms with van der Waals surface area (Å²) in [5, 5.41) is 0. The first-order valence-corrected chi connectivity index (χ1v) is 9.12. The van der Waals surface area contributed by atoms with Crippen LogP contribution in [0, 0.1) is 0 Å². The molecule has 25 heavy (non-hydrogen) atoms. The van der Waals surface area contributed by atoms with Crippen molar-refractivity contribution < 1.29 is 23.0 Å². The van der Waals surface area contributed by atoms with E-state index in [1.54, 1.807) is 58.9 Å². The van der Waals surface area contributed by atoms with Crippen molar-refractivity contribution in [3.8, 4) is 0 Å². The molecule has 0 N–H and O–H groups in total. The first-order valence-electron chi connectivity index (χ1n) is 8.14. The molecule has 1 fully saturated rings. The van der Waals surface area contributed by atoms with Gasteiger partial charge in [-0.15, -0.1) is 0 Å². The molecule has 0 aromatic heterocycles. The van der Waals surface area contributed by atoms with Gasteiger partial charge in [0.15, 0.2) is 0 Å². The Bertz CT molecular complexity index is 601. The minimum atomic E-state index is -1.00. The Morgan fingerprint density at radius 2 is 1.88 bits per heavy atom. The normalized spacial score (nSPS) is 22.9. The molecule has 4 nitrogen and oxygen atoms in total. The van der Waals surface area contributed by atoms with Crippen molar-refractivity contribution in [2.75, 3.05) is 12.7 Å². The summed E-state index contributed by atoms with van der Waals surface area (Å²) in [7, 11) is 0. The van der Waals surface area contributed by atoms with Crippen LogP contribution in [0.15, 0.2) is 29.2 Å². The average molecular weight is 373 g/mol. The van der Waals surface area contributed by atoms with Crippen molar-refractivity contribution >= 4 is 17.9 Å². The predicted octanol–water partition coefficient (Wildman–Crippen LogP) is 5.09. The first kappa shape index (κ1) is 20.0. The van der Waals surface area contributed by atoms with Gasteiger partial charge in [-0.1, -0.05) is 23.9 Å². The van der Waals surface area contributed by atoms with Crippen LogP contribution < -0.4 is 0 Å². The highest BCUT2D eigenvalue weighted by Crippen LogP contribution is 2.42. The number of carbonyl (C=O) groups is 1. The standard InChI is InChI=1S/C18H25F2NO3S/c1-17(2,3)24-16(22)21-14(10-19)15(23-18(21,4)5)12-6-8-13(9-7-12)25-11-20/h6-9,14-15H,10-11H2,1-5H3/t14-,15-/m1/s1. The summed E-state index contributed by atoms with van der Waals surface area (Å²) in [6, 6.07) is 5.79. The molecule has 1 aliphatic heterocycles. The lowest BCUT2D eigenvalue weighted by molar-refractivity contribution is -0.0797. The Morgan fingerprint density at radius 1 is 1.28 bits per heavy atom. The van der Waals surface area contributed by atoms with Crippen LogP contribution in [0.2, 0.25) is 0 Å². The molecule has 1 aliphatic rings. The van der Waals surface area contributed by atoms with E-state index in [-0.39, 0.29) is 0 Å². The van der Waals surface area contributed by atoms with Crippen LogP contribution >= 0.6 is 11.8 Å². The van der Waals surface area contributed by atoms with E-state index in [0.717, 1.165) is 22.2 Å². The monoisotopic (exact) mass is 373 g/mol. The zero-order valence-corrected chi connectivity index (χ0v) is 16.0. The van der Waals surface area contributed by atoms with Crippen LogP contribution in [0.4, 0.5) is 13.6 Å². The zero-order chi connectivity index (χ0) is 18.8. The molecule has 0 unspecified atom stereocenters. The third kappa shape index (κ3) is 4.64. The molecule has 0 aliphatic carbocycles. The lowest BCUT2D eigenvalue weighted by Gasteiger charge is -2.34. The third-order valence-corrected chi connectivity index (χ3v) is 4.57. The summed E-state index contributed by atoms with van der Waals surface area (Å²) in [5.41, 5.74) is -0.946. The van der Waals surface area contributed by atoms with E-state index in [2.05, 4.69) is 0 Å². The minimum absolute atomic E-state index is 0.508. The smallest absolute Gasteiger partial charge is 0.413 e. The molecule has 2 rings (SSSR count). The van der Waals surface area contributed by atoms with Crippen LogP contribution in [0.5, 0.6) is 0 Å². The first-order chi connectivity index (χ1) is 11.6. The fourth-order valence-electron chi connectivity index (χ4n) is 2.90. The molecule has 1 amide bonds. The molecular weight excluding hydrogens is 348 g/mol. The second-order valence-corrected chi connectivity index (χ2v) is 8.36. The van der Waals surface area contributed by atoms with E-state index in [1.807, 2.05) is 0 Å². The van der Waals surface area contributed by atoms with Crippen LogP contribution in [0.1, 0.15) is 46.3 Å². The van der Waals surface area contributed by atoms with Crippen LogP contribution in [0.3, 0.4) is 0 Å². The van der Waals surface area contributed by atoms with E-state index in [1.165, 1.54) is 4.90 Å². The molecule has 1 saturated heterocycles. The summed E-state index contributed by atoms with van der Waals surface area (Å²) in [6.45, 7) is 7.96. The van der Waals surface area contributed by atoms with Crippen LogP contribution in [-0.2, 0) is 9.47 Å². The second kappa shape index (κ2) is 7.50.